The van der Waals surface area contributed by atoms with E-state index in [0.29, 0.717) is 5.75 Å². The van der Waals surface area contributed by atoms with E-state index < -0.39 is 5.82 Å². The smallest absolute Gasteiger partial charge is 0.260 e. The van der Waals surface area contributed by atoms with E-state index in [0.717, 1.165) is 11.8 Å². The van der Waals surface area contributed by atoms with E-state index in [4.69, 9.17) is 16.3 Å². The monoisotopic (exact) mass is 238 g/mol. The van der Waals surface area contributed by atoms with E-state index in [1.54, 1.807) is 12.1 Å². The number of ether oxygens (including phenoxy) is 1. The Morgan fingerprint density at radius 3 is 2.94 bits per heavy atom. The molecule has 2 rings (SSSR count). The molecule has 0 aliphatic heterocycles. The Hall–Kier alpha value is -1.68. The van der Waals surface area contributed by atoms with Crippen molar-refractivity contribution in [2.24, 2.45) is 0 Å². The molecular formula is C11H8ClFN2O. The van der Waals surface area contributed by atoms with E-state index in [9.17, 15) is 4.39 Å². The molecule has 0 bridgehead atoms. The lowest BCUT2D eigenvalue weighted by Crippen LogP contribution is -1.94. The lowest BCUT2D eigenvalue weighted by Gasteiger charge is -2.05. The Morgan fingerprint density at radius 1 is 1.38 bits per heavy atom. The number of hydrogen-bond donors (Lipinski definition) is 0. The molecule has 0 spiro atoms. The predicted molar refractivity (Wildman–Crippen MR) is 58.3 cm³/mol. The third-order valence-corrected chi connectivity index (χ3v) is 2.07. The maximum absolute atomic E-state index is 13.2. The zero-order valence-corrected chi connectivity index (χ0v) is 9.20. The van der Waals surface area contributed by atoms with Crippen LogP contribution >= 0.6 is 11.6 Å². The van der Waals surface area contributed by atoms with Crippen LogP contribution in [0.5, 0.6) is 11.6 Å². The highest BCUT2D eigenvalue weighted by molar-refractivity contribution is 6.28. The van der Waals surface area contributed by atoms with Crippen molar-refractivity contribution in [2.45, 2.75) is 6.92 Å². The second kappa shape index (κ2) is 4.45. The molecule has 0 aliphatic rings. The lowest BCUT2D eigenvalue weighted by atomic mass is 10.2. The first-order chi connectivity index (χ1) is 7.65. The van der Waals surface area contributed by atoms with E-state index in [-0.39, 0.29) is 11.2 Å². The minimum absolute atomic E-state index is 0.0518. The minimum atomic E-state index is -0.647. The van der Waals surface area contributed by atoms with Gasteiger partial charge in [-0.15, -0.1) is 0 Å². The van der Waals surface area contributed by atoms with Crippen molar-refractivity contribution >= 4 is 11.6 Å². The first-order valence-corrected chi connectivity index (χ1v) is 4.95. The highest BCUT2D eigenvalue weighted by Gasteiger charge is 2.08. The largest absolute Gasteiger partial charge is 0.436 e. The van der Waals surface area contributed by atoms with Crippen LogP contribution in [-0.2, 0) is 0 Å². The summed E-state index contributed by atoms with van der Waals surface area (Å²) in [5.41, 5.74) is 1.01. The highest BCUT2D eigenvalue weighted by atomic mass is 35.5. The summed E-state index contributed by atoms with van der Waals surface area (Å²) in [4.78, 5) is 7.15. The van der Waals surface area contributed by atoms with Gasteiger partial charge in [-0.3, -0.25) is 0 Å². The van der Waals surface area contributed by atoms with Crippen LogP contribution in [0.15, 0.2) is 30.5 Å². The predicted octanol–water partition coefficient (Wildman–Crippen LogP) is 3.37. The molecule has 0 N–H and O–H groups in total. The van der Waals surface area contributed by atoms with E-state index in [1.165, 1.54) is 0 Å². The summed E-state index contributed by atoms with van der Waals surface area (Å²) in [5.74, 6) is -0.315. The molecule has 0 amide bonds. The Kier molecular flexibility index (Phi) is 3.01. The van der Waals surface area contributed by atoms with E-state index in [2.05, 4.69) is 9.97 Å². The van der Waals surface area contributed by atoms with Crippen molar-refractivity contribution < 1.29 is 9.13 Å². The van der Waals surface area contributed by atoms with Crippen LogP contribution in [-0.4, -0.2) is 9.97 Å². The summed E-state index contributed by atoms with van der Waals surface area (Å²) in [6.45, 7) is 1.91. The molecule has 1 heterocycles. The number of benzene rings is 1. The molecule has 1 aromatic carbocycles. The fraction of sp³-hybridized carbons (Fsp3) is 0.0909. The SMILES string of the molecule is Cc1cccc(Oc2nc(Cl)ncc2F)c1. The molecule has 5 heteroatoms. The molecule has 16 heavy (non-hydrogen) atoms. The third-order valence-electron chi connectivity index (χ3n) is 1.89. The molecule has 2 aromatic rings. The fourth-order valence-corrected chi connectivity index (χ4v) is 1.32. The number of aryl methyl sites for hydroxylation is 1. The molecule has 0 saturated carbocycles. The lowest BCUT2D eigenvalue weighted by molar-refractivity contribution is 0.419. The van der Waals surface area contributed by atoms with Crippen molar-refractivity contribution in [1.82, 2.24) is 9.97 Å². The van der Waals surface area contributed by atoms with Crippen LogP contribution < -0.4 is 4.74 Å². The summed E-state index contributed by atoms with van der Waals surface area (Å²) in [6, 6.07) is 7.21. The molecule has 0 atom stereocenters. The van der Waals surface area contributed by atoms with Crippen LogP contribution in [0.25, 0.3) is 0 Å². The van der Waals surface area contributed by atoms with Gasteiger partial charge in [-0.05, 0) is 36.2 Å². The molecular weight excluding hydrogens is 231 g/mol. The molecule has 3 nitrogen and oxygen atoms in total. The van der Waals surface area contributed by atoms with Gasteiger partial charge in [0, 0.05) is 0 Å². The average Bonchev–Trinajstić information content (AvgIpc) is 2.24. The van der Waals surface area contributed by atoms with Crippen molar-refractivity contribution in [3.8, 4) is 11.6 Å². The third kappa shape index (κ3) is 2.46. The van der Waals surface area contributed by atoms with Crippen LogP contribution in [0, 0.1) is 12.7 Å². The molecule has 0 fully saturated rings. The maximum Gasteiger partial charge on any atom is 0.260 e. The summed E-state index contributed by atoms with van der Waals surface area (Å²) < 4.78 is 18.5. The zero-order valence-electron chi connectivity index (χ0n) is 8.45. The van der Waals surface area contributed by atoms with Crippen molar-refractivity contribution in [2.75, 3.05) is 0 Å². The van der Waals surface area contributed by atoms with Crippen molar-refractivity contribution in [3.05, 3.63) is 47.1 Å². The maximum atomic E-state index is 13.2. The first kappa shape index (κ1) is 10.8. The quantitative estimate of drug-likeness (QED) is 0.753. The van der Waals surface area contributed by atoms with Crippen LogP contribution in [0.4, 0.5) is 4.39 Å². The van der Waals surface area contributed by atoms with Gasteiger partial charge in [0.15, 0.2) is 0 Å². The summed E-state index contributed by atoms with van der Waals surface area (Å²) in [5, 5.41) is -0.0518. The molecule has 0 radical (unpaired) electrons. The van der Waals surface area contributed by atoms with Crippen molar-refractivity contribution in [3.63, 3.8) is 0 Å². The van der Waals surface area contributed by atoms with Gasteiger partial charge in [-0.2, -0.15) is 9.37 Å². The van der Waals surface area contributed by atoms with Gasteiger partial charge in [0.1, 0.15) is 5.75 Å². The standard InChI is InChI=1S/C11H8ClFN2O/c1-7-3-2-4-8(5-7)16-10-9(13)6-14-11(12)15-10/h2-6H,1H3. The number of hydrogen-bond acceptors (Lipinski definition) is 3. The van der Waals surface area contributed by atoms with Gasteiger partial charge < -0.3 is 4.74 Å². The molecule has 1 aromatic heterocycles. The van der Waals surface area contributed by atoms with Gasteiger partial charge >= 0.3 is 0 Å². The average molecular weight is 239 g/mol. The van der Waals surface area contributed by atoms with Gasteiger partial charge in [0.25, 0.3) is 5.88 Å². The molecule has 0 unspecified atom stereocenters. The molecule has 0 aliphatic carbocycles. The van der Waals surface area contributed by atoms with E-state index >= 15 is 0 Å². The van der Waals surface area contributed by atoms with Crippen LogP contribution in [0.3, 0.4) is 0 Å². The Morgan fingerprint density at radius 2 is 2.19 bits per heavy atom. The second-order valence-corrected chi connectivity index (χ2v) is 3.55. The van der Waals surface area contributed by atoms with Gasteiger partial charge in [-0.1, -0.05) is 12.1 Å². The molecule has 0 saturated heterocycles. The highest BCUT2D eigenvalue weighted by Crippen LogP contribution is 2.23. The Balaban J connectivity index is 2.30. The minimum Gasteiger partial charge on any atom is -0.436 e. The summed E-state index contributed by atoms with van der Waals surface area (Å²) in [6.07, 6.45) is 0.973. The fourth-order valence-electron chi connectivity index (χ4n) is 1.19. The second-order valence-electron chi connectivity index (χ2n) is 3.21. The summed E-state index contributed by atoms with van der Waals surface area (Å²) in [7, 11) is 0. The van der Waals surface area contributed by atoms with Gasteiger partial charge in [0.2, 0.25) is 11.1 Å². The number of nitrogens with zero attached hydrogens (tertiary/aromatic N) is 2. The van der Waals surface area contributed by atoms with Crippen LogP contribution in [0.1, 0.15) is 5.56 Å². The van der Waals surface area contributed by atoms with Crippen molar-refractivity contribution in [1.29, 1.82) is 0 Å². The van der Waals surface area contributed by atoms with Gasteiger partial charge in [-0.25, -0.2) is 4.98 Å². The number of rotatable bonds is 2. The number of aromatic nitrogens is 2. The topological polar surface area (TPSA) is 35.0 Å². The summed E-state index contributed by atoms with van der Waals surface area (Å²) >= 11 is 5.55. The Labute approximate surface area is 96.9 Å². The number of halogens is 2. The van der Waals surface area contributed by atoms with E-state index in [1.807, 2.05) is 19.1 Å². The normalized spacial score (nSPS) is 10.2. The molecule has 82 valence electrons. The zero-order chi connectivity index (χ0) is 11.5. The van der Waals surface area contributed by atoms with Crippen LogP contribution in [0.2, 0.25) is 5.28 Å². The van der Waals surface area contributed by atoms with Gasteiger partial charge in [0.05, 0.1) is 6.20 Å². The Bertz CT molecular complexity index is 519. The first-order valence-electron chi connectivity index (χ1n) is 4.58.